The molecule has 0 aliphatic heterocycles. The van der Waals surface area contributed by atoms with Crippen LogP contribution in [0, 0.1) is 5.92 Å². The summed E-state index contributed by atoms with van der Waals surface area (Å²) < 4.78 is 0. The number of nitrogens with two attached hydrogens (primary N) is 1. The average molecular weight is 216 g/mol. The number of carbonyl (C=O) groups is 1. The number of carboxylic acids is 1. The molecule has 0 aliphatic rings. The van der Waals surface area contributed by atoms with Crippen LogP contribution in [-0.2, 0) is 4.79 Å². The summed E-state index contributed by atoms with van der Waals surface area (Å²) in [7, 11) is 0. The maximum Gasteiger partial charge on any atom is 0.320 e. The van der Waals surface area contributed by atoms with Crippen molar-refractivity contribution in [3.05, 3.63) is 0 Å². The van der Waals surface area contributed by atoms with Crippen LogP contribution in [0.3, 0.4) is 0 Å². The fraction of sp³-hybridized carbons (Fsp3) is 0.909. The van der Waals surface area contributed by atoms with Crippen molar-refractivity contribution in [2.45, 2.75) is 52.1 Å². The van der Waals surface area contributed by atoms with Crippen LogP contribution in [0.4, 0.5) is 0 Å². The van der Waals surface area contributed by atoms with Crippen molar-refractivity contribution >= 4 is 5.97 Å². The highest BCUT2D eigenvalue weighted by Crippen LogP contribution is 2.02. The number of rotatable bonds is 8. The summed E-state index contributed by atoms with van der Waals surface area (Å²) in [5, 5.41) is 12.0. The Hall–Kier alpha value is -0.610. The van der Waals surface area contributed by atoms with E-state index < -0.39 is 12.0 Å². The Bertz CT molecular complexity index is 183. The predicted octanol–water partition coefficient (Wildman–Crippen LogP) is 1.20. The first-order valence-electron chi connectivity index (χ1n) is 5.67. The molecule has 0 fully saturated rings. The van der Waals surface area contributed by atoms with E-state index in [1.54, 1.807) is 0 Å². The van der Waals surface area contributed by atoms with Gasteiger partial charge in [0.2, 0.25) is 0 Å². The van der Waals surface area contributed by atoms with Gasteiger partial charge in [-0.25, -0.2) is 0 Å². The van der Waals surface area contributed by atoms with Gasteiger partial charge in [-0.3, -0.25) is 4.79 Å². The van der Waals surface area contributed by atoms with Gasteiger partial charge in [0.1, 0.15) is 6.04 Å². The van der Waals surface area contributed by atoms with Gasteiger partial charge in [-0.05, 0) is 32.2 Å². The Morgan fingerprint density at radius 1 is 1.33 bits per heavy atom. The van der Waals surface area contributed by atoms with Crippen molar-refractivity contribution < 1.29 is 9.90 Å². The van der Waals surface area contributed by atoms with Crippen LogP contribution in [0.25, 0.3) is 0 Å². The van der Waals surface area contributed by atoms with Crippen LogP contribution in [0.2, 0.25) is 0 Å². The van der Waals surface area contributed by atoms with E-state index in [1.165, 1.54) is 0 Å². The van der Waals surface area contributed by atoms with Crippen molar-refractivity contribution in [2.24, 2.45) is 11.7 Å². The highest BCUT2D eigenvalue weighted by atomic mass is 16.4. The third kappa shape index (κ3) is 7.33. The molecule has 0 amide bonds. The van der Waals surface area contributed by atoms with E-state index in [-0.39, 0.29) is 0 Å². The maximum absolute atomic E-state index is 10.4. The van der Waals surface area contributed by atoms with Crippen LogP contribution >= 0.6 is 0 Å². The summed E-state index contributed by atoms with van der Waals surface area (Å²) in [6.07, 6.45) is 2.41. The average Bonchev–Trinajstić information content (AvgIpc) is 2.16. The van der Waals surface area contributed by atoms with Gasteiger partial charge in [-0.15, -0.1) is 0 Å². The molecule has 4 N–H and O–H groups in total. The summed E-state index contributed by atoms with van der Waals surface area (Å²) >= 11 is 0. The smallest absolute Gasteiger partial charge is 0.320 e. The second kappa shape index (κ2) is 7.65. The molecule has 0 aromatic heterocycles. The van der Waals surface area contributed by atoms with Gasteiger partial charge in [0.25, 0.3) is 0 Å². The van der Waals surface area contributed by atoms with Gasteiger partial charge in [-0.2, -0.15) is 0 Å². The Balaban J connectivity index is 3.36. The van der Waals surface area contributed by atoms with E-state index in [1.807, 2.05) is 0 Å². The number of aliphatic carboxylic acids is 1. The largest absolute Gasteiger partial charge is 0.480 e. The molecule has 0 heterocycles. The minimum Gasteiger partial charge on any atom is -0.480 e. The fourth-order valence-electron chi connectivity index (χ4n) is 1.18. The molecule has 0 aromatic carbocycles. The summed E-state index contributed by atoms with van der Waals surface area (Å²) in [5.74, 6) is -0.273. The molecular weight excluding hydrogens is 192 g/mol. The van der Waals surface area contributed by atoms with Crippen molar-refractivity contribution in [2.75, 3.05) is 6.54 Å². The zero-order valence-electron chi connectivity index (χ0n) is 9.99. The van der Waals surface area contributed by atoms with E-state index in [0.29, 0.717) is 18.4 Å². The molecule has 15 heavy (non-hydrogen) atoms. The SMILES string of the molecule is CC(C)[C@@H](C)NCCCC[C@H](N)C(=O)O. The Labute approximate surface area is 92.2 Å². The van der Waals surface area contributed by atoms with Crippen LogP contribution in [-0.4, -0.2) is 29.7 Å². The van der Waals surface area contributed by atoms with E-state index in [9.17, 15) is 4.79 Å². The summed E-state index contributed by atoms with van der Waals surface area (Å²) in [6.45, 7) is 7.45. The fourth-order valence-corrected chi connectivity index (χ4v) is 1.18. The molecule has 0 bridgehead atoms. The van der Waals surface area contributed by atoms with Gasteiger partial charge in [0.15, 0.2) is 0 Å². The zero-order valence-corrected chi connectivity index (χ0v) is 9.99. The van der Waals surface area contributed by atoms with E-state index in [2.05, 4.69) is 26.1 Å². The Morgan fingerprint density at radius 3 is 2.40 bits per heavy atom. The normalized spacial score (nSPS) is 15.3. The molecule has 0 unspecified atom stereocenters. The van der Waals surface area contributed by atoms with E-state index in [0.717, 1.165) is 19.4 Å². The lowest BCUT2D eigenvalue weighted by Gasteiger charge is -2.17. The molecular formula is C11H24N2O2. The van der Waals surface area contributed by atoms with Crippen LogP contribution in [0.5, 0.6) is 0 Å². The molecule has 0 rings (SSSR count). The van der Waals surface area contributed by atoms with Crippen LogP contribution in [0.15, 0.2) is 0 Å². The van der Waals surface area contributed by atoms with Crippen molar-refractivity contribution in [1.82, 2.24) is 5.32 Å². The quantitative estimate of drug-likeness (QED) is 0.533. The number of nitrogens with one attached hydrogen (secondary N) is 1. The first kappa shape index (κ1) is 14.4. The first-order chi connectivity index (χ1) is 6.95. The van der Waals surface area contributed by atoms with Crippen LogP contribution < -0.4 is 11.1 Å². The monoisotopic (exact) mass is 216 g/mol. The highest BCUT2D eigenvalue weighted by molar-refractivity contribution is 5.72. The van der Waals surface area contributed by atoms with Gasteiger partial charge in [0.05, 0.1) is 0 Å². The number of hydrogen-bond acceptors (Lipinski definition) is 3. The van der Waals surface area contributed by atoms with E-state index >= 15 is 0 Å². The van der Waals surface area contributed by atoms with Gasteiger partial charge in [-0.1, -0.05) is 20.3 Å². The third-order valence-corrected chi connectivity index (χ3v) is 2.73. The van der Waals surface area contributed by atoms with Gasteiger partial charge >= 0.3 is 5.97 Å². The molecule has 0 radical (unpaired) electrons. The zero-order chi connectivity index (χ0) is 11.8. The minimum absolute atomic E-state index is 0.512. The topological polar surface area (TPSA) is 75.3 Å². The molecule has 4 heteroatoms. The number of hydrogen-bond donors (Lipinski definition) is 3. The Kier molecular flexibility index (Phi) is 7.34. The second-order valence-corrected chi connectivity index (χ2v) is 4.43. The standard InChI is InChI=1S/C11H24N2O2/c1-8(2)9(3)13-7-5-4-6-10(12)11(14)15/h8-10,13H,4-7,12H2,1-3H3,(H,14,15)/t9-,10+/m1/s1. The lowest BCUT2D eigenvalue weighted by Crippen LogP contribution is -2.32. The molecule has 2 atom stereocenters. The summed E-state index contributed by atoms with van der Waals surface area (Å²) in [5.41, 5.74) is 5.39. The van der Waals surface area contributed by atoms with E-state index in [4.69, 9.17) is 10.8 Å². The van der Waals surface area contributed by atoms with Gasteiger partial charge in [0, 0.05) is 6.04 Å². The van der Waals surface area contributed by atoms with Crippen molar-refractivity contribution in [1.29, 1.82) is 0 Å². The lowest BCUT2D eigenvalue weighted by atomic mass is 10.1. The molecule has 0 spiro atoms. The summed E-state index contributed by atoms with van der Waals surface area (Å²) in [6, 6.07) is -0.189. The third-order valence-electron chi connectivity index (χ3n) is 2.73. The Morgan fingerprint density at radius 2 is 1.93 bits per heavy atom. The molecule has 90 valence electrons. The number of unbranched alkanes of at least 4 members (excludes halogenated alkanes) is 1. The minimum atomic E-state index is -0.904. The predicted molar refractivity (Wildman–Crippen MR) is 61.8 cm³/mol. The highest BCUT2D eigenvalue weighted by Gasteiger charge is 2.10. The molecule has 4 nitrogen and oxygen atoms in total. The molecule has 0 aliphatic carbocycles. The maximum atomic E-state index is 10.4. The molecule has 0 saturated heterocycles. The number of carboxylic acid groups (broad SMARTS) is 1. The van der Waals surface area contributed by atoms with Gasteiger partial charge < -0.3 is 16.2 Å². The first-order valence-corrected chi connectivity index (χ1v) is 5.67. The lowest BCUT2D eigenvalue weighted by molar-refractivity contribution is -0.138. The molecule has 0 aromatic rings. The molecule has 0 saturated carbocycles. The second-order valence-electron chi connectivity index (χ2n) is 4.43. The van der Waals surface area contributed by atoms with Crippen molar-refractivity contribution in [3.63, 3.8) is 0 Å². The van der Waals surface area contributed by atoms with Crippen LogP contribution in [0.1, 0.15) is 40.0 Å². The summed E-state index contributed by atoms with van der Waals surface area (Å²) in [4.78, 5) is 10.4. The van der Waals surface area contributed by atoms with Crippen molar-refractivity contribution in [3.8, 4) is 0 Å².